The molecule has 7 heteroatoms. The maximum absolute atomic E-state index is 11.6. The zero-order valence-corrected chi connectivity index (χ0v) is 21.7. The number of carbonyl (C=O) groups is 1. The lowest BCUT2D eigenvalue weighted by Crippen LogP contribution is -2.42. The first kappa shape index (κ1) is 25.8. The fourth-order valence-corrected chi connectivity index (χ4v) is 6.31. The standard InChI is InChI=1S/C28H33ClN2O3S/c1-34-22-10-11-27-25(17-22)24(26(29)18-30-27)9-5-6-20-12-13-31(19-21(20)16-28(32)33)14-15-35-23-7-3-2-4-8-23/h2-4,7-8,10-11,17-18,20-21H,5-6,9,12-16,19H2,1H3,(H,32,33)/t20-,21+/m1/s1. The predicted octanol–water partition coefficient (Wildman–Crippen LogP) is 6.42. The van der Waals surface area contributed by atoms with Gasteiger partial charge in [-0.3, -0.25) is 9.78 Å². The van der Waals surface area contributed by atoms with Gasteiger partial charge in [-0.1, -0.05) is 29.8 Å². The van der Waals surface area contributed by atoms with E-state index in [0.717, 1.165) is 73.3 Å². The number of hydrogen-bond acceptors (Lipinski definition) is 5. The minimum Gasteiger partial charge on any atom is -0.497 e. The van der Waals surface area contributed by atoms with E-state index in [1.807, 2.05) is 36.0 Å². The number of piperidine rings is 1. The summed E-state index contributed by atoms with van der Waals surface area (Å²) in [5.74, 6) is 1.72. The molecule has 2 atom stereocenters. The van der Waals surface area contributed by atoms with E-state index in [9.17, 15) is 9.90 Å². The second kappa shape index (κ2) is 12.6. The Balaban J connectivity index is 1.34. The summed E-state index contributed by atoms with van der Waals surface area (Å²) in [6, 6.07) is 16.3. The van der Waals surface area contributed by atoms with Gasteiger partial charge in [-0.25, -0.2) is 0 Å². The first-order chi connectivity index (χ1) is 17.0. The second-order valence-electron chi connectivity index (χ2n) is 9.23. The SMILES string of the molecule is COc1ccc2ncc(Cl)c(CCC[C@@H]3CCN(CCSc4ccccc4)C[C@@H]3CC(=O)O)c2c1. The topological polar surface area (TPSA) is 62.7 Å². The molecule has 2 heterocycles. The van der Waals surface area contributed by atoms with Gasteiger partial charge in [0.1, 0.15) is 5.75 Å². The van der Waals surface area contributed by atoms with Gasteiger partial charge in [-0.05, 0) is 80.0 Å². The number of carboxylic acid groups (broad SMARTS) is 1. The summed E-state index contributed by atoms with van der Waals surface area (Å²) in [5, 5.41) is 11.3. The van der Waals surface area contributed by atoms with Crippen LogP contribution >= 0.6 is 23.4 Å². The molecule has 3 aromatic rings. The Labute approximate surface area is 216 Å². The van der Waals surface area contributed by atoms with Gasteiger partial charge in [0.05, 0.1) is 17.6 Å². The second-order valence-corrected chi connectivity index (χ2v) is 10.8. The third-order valence-electron chi connectivity index (χ3n) is 6.97. The number of ether oxygens (including phenoxy) is 1. The summed E-state index contributed by atoms with van der Waals surface area (Å²) in [4.78, 5) is 19.8. The van der Waals surface area contributed by atoms with Crippen LogP contribution < -0.4 is 4.74 Å². The molecule has 2 aromatic carbocycles. The van der Waals surface area contributed by atoms with Crippen LogP contribution in [0.25, 0.3) is 10.9 Å². The molecule has 1 fully saturated rings. The monoisotopic (exact) mass is 512 g/mol. The molecule has 4 rings (SSSR count). The molecule has 1 aromatic heterocycles. The van der Waals surface area contributed by atoms with Crippen molar-refractivity contribution >= 4 is 40.2 Å². The van der Waals surface area contributed by atoms with Gasteiger partial charge in [-0.2, -0.15) is 0 Å². The van der Waals surface area contributed by atoms with Gasteiger partial charge in [-0.15, -0.1) is 11.8 Å². The Morgan fingerprint density at radius 3 is 2.83 bits per heavy atom. The van der Waals surface area contributed by atoms with E-state index >= 15 is 0 Å². The molecule has 35 heavy (non-hydrogen) atoms. The highest BCUT2D eigenvalue weighted by Crippen LogP contribution is 2.33. The van der Waals surface area contributed by atoms with Crippen molar-refractivity contribution in [3.05, 3.63) is 65.3 Å². The number of carboxylic acids is 1. The molecule has 186 valence electrons. The van der Waals surface area contributed by atoms with E-state index < -0.39 is 5.97 Å². The number of fused-ring (bicyclic) bond motifs is 1. The Bertz CT molecular complexity index is 1130. The van der Waals surface area contributed by atoms with Gasteiger partial charge in [0.15, 0.2) is 0 Å². The van der Waals surface area contributed by atoms with Crippen LogP contribution in [0.2, 0.25) is 5.02 Å². The molecule has 0 amide bonds. The highest BCUT2D eigenvalue weighted by molar-refractivity contribution is 7.99. The summed E-state index contributed by atoms with van der Waals surface area (Å²) < 4.78 is 5.40. The molecule has 0 saturated carbocycles. The highest BCUT2D eigenvalue weighted by atomic mass is 35.5. The Hall–Kier alpha value is -2.28. The lowest BCUT2D eigenvalue weighted by Gasteiger charge is -2.38. The van der Waals surface area contributed by atoms with Crippen LogP contribution in [0.4, 0.5) is 0 Å². The van der Waals surface area contributed by atoms with Gasteiger partial charge in [0, 0.05) is 41.7 Å². The third-order valence-corrected chi connectivity index (χ3v) is 8.29. The van der Waals surface area contributed by atoms with E-state index in [4.69, 9.17) is 16.3 Å². The number of thioether (sulfide) groups is 1. The van der Waals surface area contributed by atoms with Crippen molar-refractivity contribution in [1.82, 2.24) is 9.88 Å². The lowest BCUT2D eigenvalue weighted by molar-refractivity contribution is -0.139. The van der Waals surface area contributed by atoms with Gasteiger partial charge >= 0.3 is 5.97 Å². The number of benzene rings is 2. The van der Waals surface area contributed by atoms with Crippen molar-refractivity contribution in [2.75, 3.05) is 32.5 Å². The number of nitrogens with zero attached hydrogens (tertiary/aromatic N) is 2. The number of pyridine rings is 1. The number of aromatic nitrogens is 1. The van der Waals surface area contributed by atoms with Crippen molar-refractivity contribution in [3.63, 3.8) is 0 Å². The third kappa shape index (κ3) is 7.12. The molecule has 0 aliphatic carbocycles. The van der Waals surface area contributed by atoms with Crippen LogP contribution in [0, 0.1) is 11.8 Å². The molecular formula is C28H33ClN2O3S. The minimum atomic E-state index is -0.698. The molecule has 1 aliphatic rings. The smallest absolute Gasteiger partial charge is 0.303 e. The van der Waals surface area contributed by atoms with Crippen molar-refractivity contribution < 1.29 is 14.6 Å². The lowest BCUT2D eigenvalue weighted by atomic mass is 9.80. The summed E-state index contributed by atoms with van der Waals surface area (Å²) in [6.07, 6.45) is 5.84. The Kier molecular flexibility index (Phi) is 9.30. The quantitative estimate of drug-likeness (QED) is 0.299. The molecule has 1 N–H and O–H groups in total. The molecule has 0 spiro atoms. The van der Waals surface area contributed by atoms with Crippen LogP contribution in [-0.2, 0) is 11.2 Å². The van der Waals surface area contributed by atoms with Crippen LogP contribution in [0.1, 0.15) is 31.2 Å². The normalized spacial score (nSPS) is 18.6. The maximum atomic E-state index is 11.6. The molecule has 0 radical (unpaired) electrons. The summed E-state index contributed by atoms with van der Waals surface area (Å²) >= 11 is 8.40. The van der Waals surface area contributed by atoms with E-state index in [1.165, 1.54) is 4.90 Å². The number of halogens is 1. The molecule has 1 saturated heterocycles. The predicted molar refractivity (Wildman–Crippen MR) is 144 cm³/mol. The van der Waals surface area contributed by atoms with Crippen molar-refractivity contribution in [1.29, 1.82) is 0 Å². The number of likely N-dealkylation sites (tertiary alicyclic amines) is 1. The summed E-state index contributed by atoms with van der Waals surface area (Å²) in [6.45, 7) is 2.89. The zero-order valence-electron chi connectivity index (χ0n) is 20.2. The van der Waals surface area contributed by atoms with Crippen molar-refractivity contribution in [2.24, 2.45) is 11.8 Å². The first-order valence-electron chi connectivity index (χ1n) is 12.3. The molecule has 5 nitrogen and oxygen atoms in total. The minimum absolute atomic E-state index is 0.188. The average molecular weight is 513 g/mol. The van der Waals surface area contributed by atoms with Crippen molar-refractivity contribution in [2.45, 2.75) is 37.0 Å². The maximum Gasteiger partial charge on any atom is 0.303 e. The van der Waals surface area contributed by atoms with E-state index in [-0.39, 0.29) is 12.3 Å². The van der Waals surface area contributed by atoms with E-state index in [2.05, 4.69) is 34.1 Å². The Morgan fingerprint density at radius 2 is 2.06 bits per heavy atom. The number of aliphatic carboxylic acids is 1. The largest absolute Gasteiger partial charge is 0.497 e. The van der Waals surface area contributed by atoms with Crippen molar-refractivity contribution in [3.8, 4) is 5.75 Å². The molecule has 0 unspecified atom stereocenters. The molecule has 1 aliphatic heterocycles. The number of hydrogen-bond donors (Lipinski definition) is 1. The average Bonchev–Trinajstić information content (AvgIpc) is 2.86. The van der Waals surface area contributed by atoms with E-state index in [1.54, 1.807) is 13.3 Å². The summed E-state index contributed by atoms with van der Waals surface area (Å²) in [7, 11) is 1.66. The molecular weight excluding hydrogens is 480 g/mol. The highest BCUT2D eigenvalue weighted by Gasteiger charge is 2.30. The van der Waals surface area contributed by atoms with Crippen LogP contribution in [0.3, 0.4) is 0 Å². The Morgan fingerprint density at radius 1 is 1.23 bits per heavy atom. The number of methoxy groups -OCH3 is 1. The number of rotatable bonds is 11. The fraction of sp³-hybridized carbons (Fsp3) is 0.429. The van der Waals surface area contributed by atoms with Gasteiger partial charge < -0.3 is 14.7 Å². The first-order valence-corrected chi connectivity index (χ1v) is 13.6. The van der Waals surface area contributed by atoms with Crippen LogP contribution in [0.5, 0.6) is 5.75 Å². The van der Waals surface area contributed by atoms with Crippen LogP contribution in [0.15, 0.2) is 59.6 Å². The number of aryl methyl sites for hydroxylation is 1. The fourth-order valence-electron chi connectivity index (χ4n) is 5.13. The van der Waals surface area contributed by atoms with Gasteiger partial charge in [0.25, 0.3) is 0 Å². The summed E-state index contributed by atoms with van der Waals surface area (Å²) in [5.41, 5.74) is 2.01. The van der Waals surface area contributed by atoms with Crippen LogP contribution in [-0.4, -0.2) is 53.5 Å². The molecule has 0 bridgehead atoms. The zero-order chi connectivity index (χ0) is 24.6. The van der Waals surface area contributed by atoms with E-state index in [0.29, 0.717) is 10.9 Å². The van der Waals surface area contributed by atoms with Gasteiger partial charge in [0.2, 0.25) is 0 Å².